The Bertz CT molecular complexity index is 851. The summed E-state index contributed by atoms with van der Waals surface area (Å²) in [7, 11) is 1.91. The van der Waals surface area contributed by atoms with Crippen LogP contribution in [0.5, 0.6) is 0 Å². The highest BCUT2D eigenvalue weighted by Crippen LogP contribution is 2.17. The van der Waals surface area contributed by atoms with E-state index in [1.54, 1.807) is 12.1 Å². The number of hydrogen-bond acceptors (Lipinski definition) is 4. The van der Waals surface area contributed by atoms with Gasteiger partial charge >= 0.3 is 11.9 Å². The van der Waals surface area contributed by atoms with Gasteiger partial charge in [-0.25, -0.2) is 9.59 Å². The van der Waals surface area contributed by atoms with Crippen molar-refractivity contribution in [2.24, 2.45) is 0 Å². The van der Waals surface area contributed by atoms with E-state index < -0.39 is 11.9 Å². The second-order valence-corrected chi connectivity index (χ2v) is 9.22. The van der Waals surface area contributed by atoms with Crippen molar-refractivity contribution in [3.63, 3.8) is 0 Å². The molecule has 0 radical (unpaired) electrons. The average molecular weight is 498 g/mol. The highest BCUT2D eigenvalue weighted by Gasteiger charge is 2.18. The molecule has 0 saturated heterocycles. The van der Waals surface area contributed by atoms with Crippen LogP contribution in [-0.4, -0.2) is 30.7 Å². The van der Waals surface area contributed by atoms with Gasteiger partial charge in [-0.2, -0.15) is 0 Å². The van der Waals surface area contributed by atoms with E-state index in [4.69, 9.17) is 4.74 Å². The Kier molecular flexibility index (Phi) is 17.7. The van der Waals surface area contributed by atoms with E-state index in [2.05, 4.69) is 19.2 Å². The summed E-state index contributed by atoms with van der Waals surface area (Å²) in [5.74, 6) is -1.60. The molecule has 0 aliphatic heterocycles. The molecule has 0 amide bonds. The maximum atomic E-state index is 12.3. The van der Waals surface area contributed by atoms with Crippen molar-refractivity contribution in [3.8, 4) is 0 Å². The molecule has 5 heteroatoms. The number of anilines is 1. The summed E-state index contributed by atoms with van der Waals surface area (Å²) in [5, 5.41) is 12.5. The van der Waals surface area contributed by atoms with Crippen LogP contribution >= 0.6 is 0 Å². The largest absolute Gasteiger partial charge is 0.478 e. The highest BCUT2D eigenvalue weighted by molar-refractivity contribution is 6.02. The molecule has 36 heavy (non-hydrogen) atoms. The molecule has 0 atom stereocenters. The van der Waals surface area contributed by atoms with Gasteiger partial charge in [0.25, 0.3) is 0 Å². The number of unbranched alkanes of at least 4 members (excludes halogenated alkanes) is 10. The number of esters is 1. The Labute approximate surface area is 218 Å². The third kappa shape index (κ3) is 13.9. The number of aryl methyl sites for hydroxylation is 1. The summed E-state index contributed by atoms with van der Waals surface area (Å²) in [6, 6.07) is 15.2. The van der Waals surface area contributed by atoms with E-state index in [0.717, 1.165) is 49.8 Å². The van der Waals surface area contributed by atoms with Crippen LogP contribution < -0.4 is 5.32 Å². The first-order chi connectivity index (χ1) is 17.5. The normalized spacial score (nSPS) is 10.3. The number of aromatic carboxylic acids is 1. The quantitative estimate of drug-likeness (QED) is 0.169. The van der Waals surface area contributed by atoms with E-state index >= 15 is 0 Å². The molecule has 0 aliphatic rings. The Morgan fingerprint density at radius 3 is 1.89 bits per heavy atom. The molecule has 2 N–H and O–H groups in total. The van der Waals surface area contributed by atoms with Gasteiger partial charge in [0.2, 0.25) is 0 Å². The molecule has 0 aliphatic carbocycles. The first-order valence-electron chi connectivity index (χ1n) is 13.8. The van der Waals surface area contributed by atoms with Crippen LogP contribution in [-0.2, 0) is 11.2 Å². The van der Waals surface area contributed by atoms with Gasteiger partial charge < -0.3 is 15.2 Å². The topological polar surface area (TPSA) is 75.6 Å². The van der Waals surface area contributed by atoms with Crippen LogP contribution in [0.2, 0.25) is 0 Å². The van der Waals surface area contributed by atoms with Crippen molar-refractivity contribution in [3.05, 3.63) is 65.2 Å². The molecule has 0 fully saturated rings. The van der Waals surface area contributed by atoms with Crippen molar-refractivity contribution < 1.29 is 19.4 Å². The minimum Gasteiger partial charge on any atom is -0.478 e. The van der Waals surface area contributed by atoms with E-state index in [0.29, 0.717) is 6.61 Å². The first-order valence-corrected chi connectivity index (χ1v) is 13.8. The SMILES string of the molecule is CCCCCCCCOC(=O)c1ccc(CCCCCCCC)cc1C(=O)O.CNc1ccccc1. The smallest absolute Gasteiger partial charge is 0.339 e. The average Bonchev–Trinajstić information content (AvgIpc) is 2.90. The third-order valence-electron chi connectivity index (χ3n) is 6.15. The Morgan fingerprint density at radius 1 is 0.750 bits per heavy atom. The fraction of sp³-hybridized carbons (Fsp3) is 0.548. The molecule has 0 bridgehead atoms. The minimum absolute atomic E-state index is 0.0522. The molecule has 0 unspecified atom stereocenters. The van der Waals surface area contributed by atoms with E-state index in [-0.39, 0.29) is 11.1 Å². The van der Waals surface area contributed by atoms with Gasteiger partial charge in [-0.05, 0) is 49.1 Å². The van der Waals surface area contributed by atoms with Gasteiger partial charge in [-0.15, -0.1) is 0 Å². The number of carbonyl (C=O) groups is 2. The lowest BCUT2D eigenvalue weighted by Gasteiger charge is -2.10. The lowest BCUT2D eigenvalue weighted by molar-refractivity contribution is 0.0487. The van der Waals surface area contributed by atoms with E-state index in [1.807, 2.05) is 43.4 Å². The number of carboxylic acid groups (broad SMARTS) is 1. The van der Waals surface area contributed by atoms with Crippen molar-refractivity contribution in [2.45, 2.75) is 97.3 Å². The molecule has 200 valence electrons. The lowest BCUT2D eigenvalue weighted by Crippen LogP contribution is -2.13. The molecule has 5 nitrogen and oxygen atoms in total. The Morgan fingerprint density at radius 2 is 1.33 bits per heavy atom. The number of ether oxygens (including phenoxy) is 1. The lowest BCUT2D eigenvalue weighted by atomic mass is 9.99. The Hall–Kier alpha value is -2.82. The molecule has 0 aromatic heterocycles. The summed E-state index contributed by atoms with van der Waals surface area (Å²) in [6.45, 7) is 4.73. The summed E-state index contributed by atoms with van der Waals surface area (Å²) in [5.41, 5.74) is 2.34. The zero-order valence-electron chi connectivity index (χ0n) is 22.7. The number of nitrogens with one attached hydrogen (secondary N) is 1. The number of carbonyl (C=O) groups excluding carboxylic acids is 1. The van der Waals surface area contributed by atoms with E-state index in [1.165, 1.54) is 44.9 Å². The molecular weight excluding hydrogens is 450 g/mol. The number of hydrogen-bond donors (Lipinski definition) is 2. The van der Waals surface area contributed by atoms with Gasteiger partial charge in [0.1, 0.15) is 0 Å². The first kappa shape index (κ1) is 31.2. The molecule has 2 aromatic carbocycles. The third-order valence-corrected chi connectivity index (χ3v) is 6.15. The predicted octanol–water partition coefficient (Wildman–Crippen LogP) is 8.53. The summed E-state index contributed by atoms with van der Waals surface area (Å²) in [4.78, 5) is 23.9. The van der Waals surface area contributed by atoms with Gasteiger partial charge in [0, 0.05) is 12.7 Å². The van der Waals surface area contributed by atoms with Crippen LogP contribution in [0.3, 0.4) is 0 Å². The van der Waals surface area contributed by atoms with Crippen LogP contribution in [0.4, 0.5) is 5.69 Å². The molecular formula is C31H47NO4. The Balaban J connectivity index is 0.000000681. The zero-order chi connectivity index (χ0) is 26.4. The predicted molar refractivity (Wildman–Crippen MR) is 150 cm³/mol. The van der Waals surface area contributed by atoms with Crippen molar-refractivity contribution in [2.75, 3.05) is 19.0 Å². The maximum absolute atomic E-state index is 12.3. The molecule has 0 saturated carbocycles. The maximum Gasteiger partial charge on any atom is 0.339 e. The summed E-state index contributed by atoms with van der Waals surface area (Å²) >= 11 is 0. The van der Waals surface area contributed by atoms with Crippen LogP contribution in [0.25, 0.3) is 0 Å². The van der Waals surface area contributed by atoms with Crippen LogP contribution in [0, 0.1) is 0 Å². The van der Waals surface area contributed by atoms with E-state index in [9.17, 15) is 14.7 Å². The highest BCUT2D eigenvalue weighted by atomic mass is 16.5. The summed E-state index contributed by atoms with van der Waals surface area (Å²) < 4.78 is 5.30. The second-order valence-electron chi connectivity index (χ2n) is 9.22. The monoisotopic (exact) mass is 497 g/mol. The van der Waals surface area contributed by atoms with Crippen molar-refractivity contribution in [1.29, 1.82) is 0 Å². The van der Waals surface area contributed by atoms with Gasteiger partial charge in [0.15, 0.2) is 0 Å². The van der Waals surface area contributed by atoms with Gasteiger partial charge in [-0.1, -0.05) is 102 Å². The molecule has 2 rings (SSSR count). The van der Waals surface area contributed by atoms with Crippen LogP contribution in [0.1, 0.15) is 117 Å². The fourth-order valence-electron chi connectivity index (χ4n) is 3.94. The number of para-hydroxylation sites is 1. The number of benzene rings is 2. The molecule has 0 spiro atoms. The standard InChI is InChI=1S/C24H38O4.C7H9N/c1-3-5-7-9-11-13-15-20-16-17-21(22(19-20)23(25)26)24(27)28-18-14-12-10-8-6-4-2;1-8-7-5-3-2-4-6-7/h16-17,19H,3-15,18H2,1-2H3,(H,25,26);2-6,8H,1H3. The minimum atomic E-state index is -1.07. The summed E-state index contributed by atoms with van der Waals surface area (Å²) in [6.07, 6.45) is 14.7. The molecule has 0 heterocycles. The van der Waals surface area contributed by atoms with Crippen molar-refractivity contribution >= 4 is 17.6 Å². The molecule has 2 aromatic rings. The van der Waals surface area contributed by atoms with Gasteiger partial charge in [0.05, 0.1) is 17.7 Å². The number of carboxylic acids is 1. The van der Waals surface area contributed by atoms with Gasteiger partial charge in [-0.3, -0.25) is 0 Å². The second kappa shape index (κ2) is 20.4. The zero-order valence-corrected chi connectivity index (χ0v) is 22.7. The van der Waals surface area contributed by atoms with Crippen LogP contribution in [0.15, 0.2) is 48.5 Å². The fourth-order valence-corrected chi connectivity index (χ4v) is 3.94. The van der Waals surface area contributed by atoms with Crippen molar-refractivity contribution in [1.82, 2.24) is 0 Å². The number of rotatable bonds is 17.